The van der Waals surface area contributed by atoms with Crippen LogP contribution in [0.2, 0.25) is 0 Å². The summed E-state index contributed by atoms with van der Waals surface area (Å²) in [6.07, 6.45) is 3.70. The molecule has 0 bridgehead atoms. The Morgan fingerprint density at radius 1 is 1.29 bits per heavy atom. The Hall–Kier alpha value is -1.64. The van der Waals surface area contributed by atoms with E-state index < -0.39 is 0 Å². The summed E-state index contributed by atoms with van der Waals surface area (Å²) < 4.78 is 14.6. The SMILES string of the molecule is Cc1cnn(-c2ccc(F)cc2C)c1. The molecule has 0 spiro atoms. The van der Waals surface area contributed by atoms with E-state index in [1.807, 2.05) is 20.0 Å². The predicted molar refractivity (Wildman–Crippen MR) is 53.0 cm³/mol. The second kappa shape index (κ2) is 3.25. The van der Waals surface area contributed by atoms with Crippen molar-refractivity contribution < 1.29 is 4.39 Å². The summed E-state index contributed by atoms with van der Waals surface area (Å²) in [5, 5.41) is 4.17. The van der Waals surface area contributed by atoms with Crippen molar-refractivity contribution in [2.75, 3.05) is 0 Å². The van der Waals surface area contributed by atoms with E-state index in [0.717, 1.165) is 16.8 Å². The van der Waals surface area contributed by atoms with Crippen molar-refractivity contribution in [2.45, 2.75) is 13.8 Å². The van der Waals surface area contributed by atoms with Crippen LogP contribution >= 0.6 is 0 Å². The van der Waals surface area contributed by atoms with Gasteiger partial charge in [-0.15, -0.1) is 0 Å². The number of aromatic nitrogens is 2. The van der Waals surface area contributed by atoms with Crippen molar-refractivity contribution in [1.29, 1.82) is 0 Å². The van der Waals surface area contributed by atoms with E-state index in [1.165, 1.54) is 12.1 Å². The first-order valence-corrected chi connectivity index (χ1v) is 4.44. The van der Waals surface area contributed by atoms with Gasteiger partial charge in [0.2, 0.25) is 0 Å². The molecule has 3 heteroatoms. The predicted octanol–water partition coefficient (Wildman–Crippen LogP) is 2.63. The Morgan fingerprint density at radius 3 is 2.64 bits per heavy atom. The van der Waals surface area contributed by atoms with Gasteiger partial charge in [-0.05, 0) is 43.2 Å². The van der Waals surface area contributed by atoms with E-state index in [-0.39, 0.29) is 5.82 Å². The molecule has 0 fully saturated rings. The van der Waals surface area contributed by atoms with Gasteiger partial charge in [-0.25, -0.2) is 9.07 Å². The van der Waals surface area contributed by atoms with Crippen LogP contribution in [0, 0.1) is 19.7 Å². The summed E-state index contributed by atoms with van der Waals surface area (Å²) in [6.45, 7) is 3.85. The monoisotopic (exact) mass is 190 g/mol. The molecule has 0 saturated carbocycles. The quantitative estimate of drug-likeness (QED) is 0.676. The lowest BCUT2D eigenvalue weighted by atomic mass is 10.2. The highest BCUT2D eigenvalue weighted by Gasteiger charge is 2.02. The molecular formula is C11H11FN2. The Bertz CT molecular complexity index is 460. The molecule has 0 aliphatic heterocycles. The molecule has 1 aromatic carbocycles. The van der Waals surface area contributed by atoms with Gasteiger partial charge in [-0.3, -0.25) is 0 Å². The van der Waals surface area contributed by atoms with Gasteiger partial charge in [0.25, 0.3) is 0 Å². The fourth-order valence-electron chi connectivity index (χ4n) is 1.42. The largest absolute Gasteiger partial charge is 0.240 e. The molecule has 0 atom stereocenters. The molecule has 0 saturated heterocycles. The molecule has 2 rings (SSSR count). The highest BCUT2D eigenvalue weighted by Crippen LogP contribution is 2.14. The van der Waals surface area contributed by atoms with E-state index in [2.05, 4.69) is 5.10 Å². The standard InChI is InChI=1S/C11H11FN2/c1-8-6-13-14(7-8)11-4-3-10(12)5-9(11)2/h3-7H,1-2H3. The second-order valence-electron chi connectivity index (χ2n) is 3.39. The molecule has 1 heterocycles. The summed E-state index contributed by atoms with van der Waals surface area (Å²) in [7, 11) is 0. The average molecular weight is 190 g/mol. The van der Waals surface area contributed by atoms with E-state index in [1.54, 1.807) is 16.9 Å². The van der Waals surface area contributed by atoms with Gasteiger partial charge in [0.15, 0.2) is 0 Å². The maximum Gasteiger partial charge on any atom is 0.123 e. The zero-order valence-corrected chi connectivity index (χ0v) is 8.16. The van der Waals surface area contributed by atoms with Crippen LogP contribution in [0.25, 0.3) is 5.69 Å². The van der Waals surface area contributed by atoms with Crippen LogP contribution in [-0.2, 0) is 0 Å². The van der Waals surface area contributed by atoms with Crippen molar-refractivity contribution >= 4 is 0 Å². The Morgan fingerprint density at radius 2 is 2.07 bits per heavy atom. The van der Waals surface area contributed by atoms with Crippen LogP contribution in [0.3, 0.4) is 0 Å². The van der Waals surface area contributed by atoms with Crippen molar-refractivity contribution in [3.8, 4) is 5.69 Å². The zero-order valence-electron chi connectivity index (χ0n) is 8.16. The normalized spacial score (nSPS) is 10.5. The fraction of sp³-hybridized carbons (Fsp3) is 0.182. The highest BCUT2D eigenvalue weighted by molar-refractivity contribution is 5.39. The second-order valence-corrected chi connectivity index (χ2v) is 3.39. The van der Waals surface area contributed by atoms with Gasteiger partial charge in [0.05, 0.1) is 11.9 Å². The average Bonchev–Trinajstić information content (AvgIpc) is 2.51. The molecule has 0 radical (unpaired) electrons. The Balaban J connectivity index is 2.52. The summed E-state index contributed by atoms with van der Waals surface area (Å²) in [5.74, 6) is -0.213. The van der Waals surface area contributed by atoms with Gasteiger partial charge in [-0.2, -0.15) is 5.10 Å². The topological polar surface area (TPSA) is 17.8 Å². The molecule has 0 aliphatic carbocycles. The Labute approximate surface area is 82.0 Å². The molecular weight excluding hydrogens is 179 g/mol. The molecule has 0 amide bonds. The zero-order chi connectivity index (χ0) is 10.1. The van der Waals surface area contributed by atoms with Gasteiger partial charge in [-0.1, -0.05) is 0 Å². The number of rotatable bonds is 1. The first kappa shape index (κ1) is 8.94. The van der Waals surface area contributed by atoms with Crippen molar-refractivity contribution in [2.24, 2.45) is 0 Å². The third kappa shape index (κ3) is 1.53. The first-order chi connectivity index (χ1) is 6.66. The van der Waals surface area contributed by atoms with Gasteiger partial charge in [0, 0.05) is 6.20 Å². The first-order valence-electron chi connectivity index (χ1n) is 4.44. The van der Waals surface area contributed by atoms with Crippen molar-refractivity contribution in [3.63, 3.8) is 0 Å². The third-order valence-electron chi connectivity index (χ3n) is 2.12. The van der Waals surface area contributed by atoms with Gasteiger partial charge in [0.1, 0.15) is 5.82 Å². The molecule has 0 unspecified atom stereocenters. The van der Waals surface area contributed by atoms with Crippen molar-refractivity contribution in [3.05, 3.63) is 47.5 Å². The summed E-state index contributed by atoms with van der Waals surface area (Å²) in [4.78, 5) is 0. The molecule has 0 N–H and O–H groups in total. The number of hydrogen-bond acceptors (Lipinski definition) is 1. The number of hydrogen-bond donors (Lipinski definition) is 0. The van der Waals surface area contributed by atoms with Crippen LogP contribution in [0.4, 0.5) is 4.39 Å². The van der Waals surface area contributed by atoms with Crippen LogP contribution in [0.1, 0.15) is 11.1 Å². The van der Waals surface area contributed by atoms with Crippen LogP contribution in [0.15, 0.2) is 30.6 Å². The maximum absolute atomic E-state index is 12.8. The summed E-state index contributed by atoms with van der Waals surface area (Å²) in [5.41, 5.74) is 2.89. The third-order valence-corrected chi connectivity index (χ3v) is 2.12. The minimum absolute atomic E-state index is 0.213. The summed E-state index contributed by atoms with van der Waals surface area (Å²) >= 11 is 0. The number of nitrogens with zero attached hydrogens (tertiary/aromatic N) is 2. The van der Waals surface area contributed by atoms with E-state index in [9.17, 15) is 4.39 Å². The van der Waals surface area contributed by atoms with Crippen molar-refractivity contribution in [1.82, 2.24) is 9.78 Å². The van der Waals surface area contributed by atoms with Gasteiger partial charge >= 0.3 is 0 Å². The molecule has 2 nitrogen and oxygen atoms in total. The number of benzene rings is 1. The molecule has 2 aromatic rings. The molecule has 1 aromatic heterocycles. The van der Waals surface area contributed by atoms with Gasteiger partial charge < -0.3 is 0 Å². The maximum atomic E-state index is 12.8. The molecule has 14 heavy (non-hydrogen) atoms. The van der Waals surface area contributed by atoms with E-state index in [0.29, 0.717) is 0 Å². The number of aryl methyl sites for hydroxylation is 2. The molecule has 0 aliphatic rings. The lowest BCUT2D eigenvalue weighted by Crippen LogP contribution is -1.97. The van der Waals surface area contributed by atoms with Crippen LogP contribution in [0.5, 0.6) is 0 Å². The fourth-order valence-corrected chi connectivity index (χ4v) is 1.42. The van der Waals surface area contributed by atoms with Crippen LogP contribution < -0.4 is 0 Å². The smallest absolute Gasteiger partial charge is 0.123 e. The lowest BCUT2D eigenvalue weighted by Gasteiger charge is -2.04. The van der Waals surface area contributed by atoms with E-state index >= 15 is 0 Å². The highest BCUT2D eigenvalue weighted by atomic mass is 19.1. The minimum atomic E-state index is -0.213. The lowest BCUT2D eigenvalue weighted by molar-refractivity contribution is 0.625. The number of halogens is 1. The van der Waals surface area contributed by atoms with Crippen LogP contribution in [-0.4, -0.2) is 9.78 Å². The molecule has 72 valence electrons. The minimum Gasteiger partial charge on any atom is -0.240 e. The van der Waals surface area contributed by atoms with E-state index in [4.69, 9.17) is 0 Å². The summed E-state index contributed by atoms with van der Waals surface area (Å²) in [6, 6.07) is 4.68. The Kier molecular flexibility index (Phi) is 2.08.